The van der Waals surface area contributed by atoms with Gasteiger partial charge in [0.25, 0.3) is 5.91 Å². The molecule has 0 bridgehead atoms. The van der Waals surface area contributed by atoms with Gasteiger partial charge in [-0.2, -0.15) is 5.10 Å². The molecule has 0 saturated carbocycles. The molecule has 26 heavy (non-hydrogen) atoms. The van der Waals surface area contributed by atoms with E-state index < -0.39 is 0 Å². The summed E-state index contributed by atoms with van der Waals surface area (Å²) in [6.07, 6.45) is 5.39. The quantitative estimate of drug-likeness (QED) is 0.853. The number of carbonyl (C=O) groups is 2. The van der Waals surface area contributed by atoms with Crippen LogP contribution in [-0.4, -0.2) is 46.1 Å². The molecule has 2 fully saturated rings. The van der Waals surface area contributed by atoms with Crippen molar-refractivity contribution in [3.63, 3.8) is 0 Å². The standard InChI is InChI=1S/C20H24N4O2/c1-22-19(17(13-21-22)20(26)23-10-6-3-7-11-23)15-12-18(25)24(14-15)16-8-4-2-5-9-16/h2,4-5,8-9,13,15H,3,6-7,10-12,14H2,1H3. The van der Waals surface area contributed by atoms with Crippen molar-refractivity contribution in [1.82, 2.24) is 14.7 Å². The third-order valence-corrected chi connectivity index (χ3v) is 5.44. The molecule has 4 rings (SSSR count). The number of aryl methyl sites for hydroxylation is 1. The molecule has 2 aliphatic heterocycles. The van der Waals surface area contributed by atoms with E-state index in [4.69, 9.17) is 0 Å². The van der Waals surface area contributed by atoms with Crippen molar-refractivity contribution < 1.29 is 9.59 Å². The minimum absolute atomic E-state index is 0.0149. The molecule has 136 valence electrons. The zero-order valence-electron chi connectivity index (χ0n) is 15.1. The van der Waals surface area contributed by atoms with Gasteiger partial charge >= 0.3 is 0 Å². The lowest BCUT2D eigenvalue weighted by Crippen LogP contribution is -2.36. The van der Waals surface area contributed by atoms with Crippen molar-refractivity contribution in [2.45, 2.75) is 31.6 Å². The largest absolute Gasteiger partial charge is 0.339 e. The first-order chi connectivity index (χ1) is 12.6. The molecule has 1 aromatic carbocycles. The Balaban J connectivity index is 1.59. The minimum Gasteiger partial charge on any atom is -0.339 e. The van der Waals surface area contributed by atoms with Crippen LogP contribution < -0.4 is 4.90 Å². The van der Waals surface area contributed by atoms with Gasteiger partial charge in [0.1, 0.15) is 0 Å². The van der Waals surface area contributed by atoms with Gasteiger partial charge < -0.3 is 9.80 Å². The normalized spacial score (nSPS) is 20.7. The summed E-state index contributed by atoms with van der Waals surface area (Å²) in [5, 5.41) is 4.34. The SMILES string of the molecule is Cn1ncc(C(=O)N2CCCCC2)c1C1CC(=O)N(c2ccccc2)C1. The van der Waals surface area contributed by atoms with Gasteiger partial charge in [-0.1, -0.05) is 18.2 Å². The van der Waals surface area contributed by atoms with Crippen LogP contribution in [0, 0.1) is 0 Å². The minimum atomic E-state index is -0.0149. The summed E-state index contributed by atoms with van der Waals surface area (Å²) in [5.74, 6) is 0.135. The van der Waals surface area contributed by atoms with Gasteiger partial charge in [0.15, 0.2) is 0 Å². The average Bonchev–Trinajstić information content (AvgIpc) is 3.25. The maximum absolute atomic E-state index is 13.0. The van der Waals surface area contributed by atoms with Crippen LogP contribution in [0.5, 0.6) is 0 Å². The fraction of sp³-hybridized carbons (Fsp3) is 0.450. The summed E-state index contributed by atoms with van der Waals surface area (Å²) in [4.78, 5) is 29.3. The van der Waals surface area contributed by atoms with Crippen LogP contribution in [0.1, 0.15) is 47.7 Å². The zero-order chi connectivity index (χ0) is 18.1. The Bertz CT molecular complexity index is 808. The van der Waals surface area contributed by atoms with E-state index in [0.29, 0.717) is 18.5 Å². The lowest BCUT2D eigenvalue weighted by Gasteiger charge is -2.27. The van der Waals surface area contributed by atoms with Crippen molar-refractivity contribution in [3.8, 4) is 0 Å². The Morgan fingerprint density at radius 3 is 2.58 bits per heavy atom. The first-order valence-corrected chi connectivity index (χ1v) is 9.31. The number of likely N-dealkylation sites (tertiary alicyclic amines) is 1. The maximum Gasteiger partial charge on any atom is 0.257 e. The van der Waals surface area contributed by atoms with Crippen molar-refractivity contribution in [1.29, 1.82) is 0 Å². The number of amides is 2. The number of nitrogens with zero attached hydrogens (tertiary/aromatic N) is 4. The fourth-order valence-corrected chi connectivity index (χ4v) is 4.11. The van der Waals surface area contributed by atoms with E-state index in [0.717, 1.165) is 37.3 Å². The number of hydrogen-bond acceptors (Lipinski definition) is 3. The number of anilines is 1. The third kappa shape index (κ3) is 3.00. The second kappa shape index (κ2) is 6.94. The molecule has 0 aliphatic carbocycles. The molecule has 6 heteroatoms. The van der Waals surface area contributed by atoms with Crippen LogP contribution in [0.4, 0.5) is 5.69 Å². The molecule has 0 spiro atoms. The van der Waals surface area contributed by atoms with Gasteiger partial charge in [0, 0.05) is 44.7 Å². The van der Waals surface area contributed by atoms with Crippen LogP contribution >= 0.6 is 0 Å². The number of hydrogen-bond donors (Lipinski definition) is 0. The molecule has 1 aromatic heterocycles. The second-order valence-electron chi connectivity index (χ2n) is 7.16. The van der Waals surface area contributed by atoms with E-state index in [2.05, 4.69) is 5.10 Å². The smallest absolute Gasteiger partial charge is 0.257 e. The topological polar surface area (TPSA) is 58.4 Å². The monoisotopic (exact) mass is 352 g/mol. The molecular formula is C20H24N4O2. The Labute approximate surface area is 153 Å². The Kier molecular flexibility index (Phi) is 4.49. The van der Waals surface area contributed by atoms with Crippen LogP contribution in [-0.2, 0) is 11.8 Å². The molecule has 2 aliphatic rings. The van der Waals surface area contributed by atoms with Gasteiger partial charge in [-0.3, -0.25) is 14.3 Å². The summed E-state index contributed by atoms with van der Waals surface area (Å²) >= 11 is 0. The highest BCUT2D eigenvalue weighted by Crippen LogP contribution is 2.33. The van der Waals surface area contributed by atoms with E-state index >= 15 is 0 Å². The number of piperidine rings is 1. The Morgan fingerprint density at radius 1 is 1.12 bits per heavy atom. The van der Waals surface area contributed by atoms with E-state index in [-0.39, 0.29) is 17.7 Å². The van der Waals surface area contributed by atoms with Crippen molar-refractivity contribution in [2.24, 2.45) is 7.05 Å². The molecule has 2 saturated heterocycles. The van der Waals surface area contributed by atoms with E-state index in [1.165, 1.54) is 6.42 Å². The predicted octanol–water partition coefficient (Wildman–Crippen LogP) is 2.57. The van der Waals surface area contributed by atoms with Gasteiger partial charge in [-0.25, -0.2) is 0 Å². The van der Waals surface area contributed by atoms with Crippen LogP contribution in [0.3, 0.4) is 0 Å². The average molecular weight is 352 g/mol. The molecular weight excluding hydrogens is 328 g/mol. The third-order valence-electron chi connectivity index (χ3n) is 5.44. The molecule has 0 N–H and O–H groups in total. The number of para-hydroxylation sites is 1. The molecule has 6 nitrogen and oxygen atoms in total. The van der Waals surface area contributed by atoms with Crippen molar-refractivity contribution in [3.05, 3.63) is 47.8 Å². The first kappa shape index (κ1) is 16.8. The van der Waals surface area contributed by atoms with Gasteiger partial charge in [-0.05, 0) is 31.4 Å². The predicted molar refractivity (Wildman–Crippen MR) is 99.1 cm³/mol. The lowest BCUT2D eigenvalue weighted by atomic mass is 9.99. The molecule has 1 atom stereocenters. The van der Waals surface area contributed by atoms with E-state index in [9.17, 15) is 9.59 Å². The lowest BCUT2D eigenvalue weighted by molar-refractivity contribution is -0.117. The second-order valence-corrected chi connectivity index (χ2v) is 7.16. The highest BCUT2D eigenvalue weighted by molar-refractivity contribution is 5.98. The first-order valence-electron chi connectivity index (χ1n) is 9.31. The van der Waals surface area contributed by atoms with Gasteiger partial charge in [0.2, 0.25) is 5.91 Å². The number of benzene rings is 1. The molecule has 2 amide bonds. The Morgan fingerprint density at radius 2 is 1.85 bits per heavy atom. The van der Waals surface area contributed by atoms with Crippen LogP contribution in [0.2, 0.25) is 0 Å². The number of rotatable bonds is 3. The van der Waals surface area contributed by atoms with Crippen molar-refractivity contribution in [2.75, 3.05) is 24.5 Å². The fourth-order valence-electron chi connectivity index (χ4n) is 4.11. The van der Waals surface area contributed by atoms with E-state index in [1.54, 1.807) is 10.9 Å². The molecule has 3 heterocycles. The molecule has 0 radical (unpaired) electrons. The highest BCUT2D eigenvalue weighted by Gasteiger charge is 2.36. The van der Waals surface area contributed by atoms with Crippen molar-refractivity contribution >= 4 is 17.5 Å². The highest BCUT2D eigenvalue weighted by atomic mass is 16.2. The van der Waals surface area contributed by atoms with Crippen LogP contribution in [0.15, 0.2) is 36.5 Å². The summed E-state index contributed by atoms with van der Waals surface area (Å²) in [7, 11) is 1.86. The molecule has 1 unspecified atom stereocenters. The zero-order valence-corrected chi connectivity index (χ0v) is 15.1. The summed E-state index contributed by atoms with van der Waals surface area (Å²) < 4.78 is 1.77. The summed E-state index contributed by atoms with van der Waals surface area (Å²) in [5.41, 5.74) is 2.44. The van der Waals surface area contributed by atoms with Crippen LogP contribution in [0.25, 0.3) is 0 Å². The summed E-state index contributed by atoms with van der Waals surface area (Å²) in [6, 6.07) is 9.71. The number of carbonyl (C=O) groups excluding carboxylic acids is 2. The number of aromatic nitrogens is 2. The Hall–Kier alpha value is -2.63. The summed E-state index contributed by atoms with van der Waals surface area (Å²) in [6.45, 7) is 2.21. The van der Waals surface area contributed by atoms with E-state index in [1.807, 2.05) is 47.2 Å². The maximum atomic E-state index is 13.0. The van der Waals surface area contributed by atoms with Gasteiger partial charge in [-0.15, -0.1) is 0 Å². The van der Waals surface area contributed by atoms with Gasteiger partial charge in [0.05, 0.1) is 17.5 Å². The molecule has 2 aromatic rings.